The lowest BCUT2D eigenvalue weighted by molar-refractivity contribution is -0.183. The quantitative estimate of drug-likeness (QED) is 0.717. The summed E-state index contributed by atoms with van der Waals surface area (Å²) in [4.78, 5) is 0. The highest BCUT2D eigenvalue weighted by Gasteiger charge is 2.53. The van der Waals surface area contributed by atoms with Gasteiger partial charge in [-0.1, -0.05) is 24.3 Å². The molecule has 1 aromatic rings. The zero-order valence-corrected chi connectivity index (χ0v) is 11.1. The molecule has 2 fully saturated rings. The van der Waals surface area contributed by atoms with Crippen molar-refractivity contribution >= 4 is 5.83 Å². The molecule has 0 radical (unpaired) electrons. The summed E-state index contributed by atoms with van der Waals surface area (Å²) in [5.74, 6) is -1.85. The van der Waals surface area contributed by atoms with E-state index in [4.69, 9.17) is 9.47 Å². The van der Waals surface area contributed by atoms with Crippen molar-refractivity contribution in [3.63, 3.8) is 0 Å². The van der Waals surface area contributed by atoms with Gasteiger partial charge in [0.05, 0.1) is 18.6 Å². The Morgan fingerprint density at radius 2 is 1.55 bits per heavy atom. The van der Waals surface area contributed by atoms with E-state index in [2.05, 4.69) is 0 Å². The first-order valence-corrected chi connectivity index (χ1v) is 7.11. The van der Waals surface area contributed by atoms with Crippen molar-refractivity contribution in [3.05, 3.63) is 41.2 Å². The number of ether oxygens (including phenoxy) is 2. The number of hydrogen-bond acceptors (Lipinski definition) is 2. The van der Waals surface area contributed by atoms with Gasteiger partial charge in [0, 0.05) is 18.4 Å². The Bertz CT molecular complexity index is 578. The summed E-state index contributed by atoms with van der Waals surface area (Å²) in [5, 5.41) is 0. The maximum atomic E-state index is 14.5. The summed E-state index contributed by atoms with van der Waals surface area (Å²) < 4.78 is 40.1. The summed E-state index contributed by atoms with van der Waals surface area (Å²) in [6.45, 7) is 1.19. The third-order valence-electron chi connectivity index (χ3n) is 4.97. The SMILES string of the molecule is FC1=C(F)C2(CCC3(CC2)OCCO3)c2ccccc21. The fraction of sp³-hybridized carbons (Fsp3) is 0.500. The summed E-state index contributed by atoms with van der Waals surface area (Å²) in [6.07, 6.45) is 2.29. The van der Waals surface area contributed by atoms with Gasteiger partial charge < -0.3 is 9.47 Å². The normalized spacial score (nSPS) is 26.5. The zero-order valence-electron chi connectivity index (χ0n) is 11.1. The average Bonchev–Trinajstić information content (AvgIpc) is 3.02. The zero-order chi connectivity index (χ0) is 13.8. The number of allylic oxidation sites excluding steroid dienone is 1. The van der Waals surface area contributed by atoms with Gasteiger partial charge in [0.2, 0.25) is 0 Å². The van der Waals surface area contributed by atoms with Crippen LogP contribution < -0.4 is 0 Å². The van der Waals surface area contributed by atoms with Crippen LogP contribution in [0.5, 0.6) is 0 Å². The molecule has 20 heavy (non-hydrogen) atoms. The molecule has 1 saturated carbocycles. The first-order chi connectivity index (χ1) is 9.67. The van der Waals surface area contributed by atoms with E-state index in [0.29, 0.717) is 44.5 Å². The van der Waals surface area contributed by atoms with Gasteiger partial charge in [-0.3, -0.25) is 0 Å². The van der Waals surface area contributed by atoms with Gasteiger partial charge in [-0.2, -0.15) is 0 Å². The number of hydrogen-bond donors (Lipinski definition) is 0. The molecule has 1 aliphatic heterocycles. The Morgan fingerprint density at radius 1 is 0.900 bits per heavy atom. The molecule has 1 heterocycles. The highest BCUT2D eigenvalue weighted by molar-refractivity contribution is 5.74. The van der Waals surface area contributed by atoms with E-state index in [-0.39, 0.29) is 0 Å². The third-order valence-corrected chi connectivity index (χ3v) is 4.97. The van der Waals surface area contributed by atoms with Crippen molar-refractivity contribution in [2.75, 3.05) is 13.2 Å². The number of rotatable bonds is 0. The van der Waals surface area contributed by atoms with Crippen LogP contribution in [0.15, 0.2) is 30.1 Å². The lowest BCUT2D eigenvalue weighted by Crippen LogP contribution is -2.41. The van der Waals surface area contributed by atoms with Crippen molar-refractivity contribution in [2.45, 2.75) is 36.9 Å². The Balaban J connectivity index is 1.72. The molecule has 1 saturated heterocycles. The predicted octanol–water partition coefficient (Wildman–Crippen LogP) is 3.86. The highest BCUT2D eigenvalue weighted by Crippen LogP contribution is 2.57. The molecule has 4 rings (SSSR count). The van der Waals surface area contributed by atoms with Gasteiger partial charge in [-0.05, 0) is 18.4 Å². The van der Waals surface area contributed by atoms with Gasteiger partial charge >= 0.3 is 0 Å². The van der Waals surface area contributed by atoms with Crippen molar-refractivity contribution in [1.29, 1.82) is 0 Å². The molecule has 0 atom stereocenters. The van der Waals surface area contributed by atoms with Crippen LogP contribution in [-0.2, 0) is 14.9 Å². The second kappa shape index (κ2) is 4.12. The molecule has 0 unspecified atom stereocenters. The maximum Gasteiger partial charge on any atom is 0.168 e. The predicted molar refractivity (Wildman–Crippen MR) is 70.4 cm³/mol. The lowest BCUT2D eigenvalue weighted by atomic mass is 9.68. The largest absolute Gasteiger partial charge is 0.348 e. The Morgan fingerprint density at radius 3 is 2.25 bits per heavy atom. The van der Waals surface area contributed by atoms with Crippen LogP contribution in [0, 0.1) is 0 Å². The van der Waals surface area contributed by atoms with Crippen LogP contribution in [0.4, 0.5) is 8.78 Å². The van der Waals surface area contributed by atoms with Gasteiger partial charge in [0.25, 0.3) is 0 Å². The monoisotopic (exact) mass is 278 g/mol. The van der Waals surface area contributed by atoms with Crippen molar-refractivity contribution < 1.29 is 18.3 Å². The van der Waals surface area contributed by atoms with Crippen LogP contribution in [0.2, 0.25) is 0 Å². The van der Waals surface area contributed by atoms with Crippen LogP contribution in [-0.4, -0.2) is 19.0 Å². The smallest absolute Gasteiger partial charge is 0.168 e. The highest BCUT2D eigenvalue weighted by atomic mass is 19.2. The molecule has 2 nitrogen and oxygen atoms in total. The van der Waals surface area contributed by atoms with Crippen molar-refractivity contribution in [1.82, 2.24) is 0 Å². The van der Waals surface area contributed by atoms with Crippen LogP contribution >= 0.6 is 0 Å². The van der Waals surface area contributed by atoms with Crippen LogP contribution in [0.1, 0.15) is 36.8 Å². The van der Waals surface area contributed by atoms with Gasteiger partial charge in [-0.15, -0.1) is 0 Å². The summed E-state index contributed by atoms with van der Waals surface area (Å²) >= 11 is 0. The molecule has 2 spiro atoms. The fourth-order valence-corrected chi connectivity index (χ4v) is 3.87. The molecule has 0 N–H and O–H groups in total. The molecule has 0 aromatic heterocycles. The van der Waals surface area contributed by atoms with E-state index in [1.54, 1.807) is 12.1 Å². The molecular weight excluding hydrogens is 262 g/mol. The molecule has 0 amide bonds. The van der Waals surface area contributed by atoms with Crippen LogP contribution in [0.25, 0.3) is 5.83 Å². The maximum absolute atomic E-state index is 14.5. The standard InChI is InChI=1S/C16H16F2O2/c17-13-11-3-1-2-4-12(11)15(14(13)18)5-7-16(8-6-15)19-9-10-20-16/h1-4H,5-10H2. The Kier molecular flexibility index (Phi) is 2.57. The van der Waals surface area contributed by atoms with E-state index in [1.165, 1.54) is 0 Å². The van der Waals surface area contributed by atoms with Crippen molar-refractivity contribution in [2.24, 2.45) is 0 Å². The molecule has 106 valence electrons. The average molecular weight is 278 g/mol. The topological polar surface area (TPSA) is 18.5 Å². The number of halogens is 2. The van der Waals surface area contributed by atoms with E-state index < -0.39 is 22.9 Å². The minimum atomic E-state index is -0.804. The number of fused-ring (bicyclic) bond motifs is 2. The first kappa shape index (κ1) is 12.5. The van der Waals surface area contributed by atoms with Crippen molar-refractivity contribution in [3.8, 4) is 0 Å². The van der Waals surface area contributed by atoms with Gasteiger partial charge in [0.1, 0.15) is 5.83 Å². The fourth-order valence-electron chi connectivity index (χ4n) is 3.87. The molecular formula is C16H16F2O2. The minimum absolute atomic E-state index is 0.411. The van der Waals surface area contributed by atoms with E-state index in [0.717, 1.165) is 5.56 Å². The summed E-state index contributed by atoms with van der Waals surface area (Å²) in [7, 11) is 0. The summed E-state index contributed by atoms with van der Waals surface area (Å²) in [5.41, 5.74) is 0.387. The molecule has 3 aliphatic rings. The first-order valence-electron chi connectivity index (χ1n) is 7.11. The second-order valence-electron chi connectivity index (χ2n) is 5.86. The molecule has 1 aromatic carbocycles. The van der Waals surface area contributed by atoms with Gasteiger partial charge in [0.15, 0.2) is 11.6 Å². The minimum Gasteiger partial charge on any atom is -0.348 e. The summed E-state index contributed by atoms with van der Waals surface area (Å²) in [6, 6.07) is 7.10. The lowest BCUT2D eigenvalue weighted by Gasteiger charge is -2.41. The second-order valence-corrected chi connectivity index (χ2v) is 5.86. The Hall–Kier alpha value is -1.26. The van der Waals surface area contributed by atoms with E-state index in [1.807, 2.05) is 12.1 Å². The van der Waals surface area contributed by atoms with Gasteiger partial charge in [-0.25, -0.2) is 8.78 Å². The van der Waals surface area contributed by atoms with E-state index >= 15 is 0 Å². The molecule has 0 bridgehead atoms. The molecule has 4 heteroatoms. The Labute approximate surface area is 116 Å². The third kappa shape index (κ3) is 1.49. The van der Waals surface area contributed by atoms with Crippen LogP contribution in [0.3, 0.4) is 0 Å². The number of benzene rings is 1. The van der Waals surface area contributed by atoms with E-state index in [9.17, 15) is 8.78 Å². The molecule has 2 aliphatic carbocycles.